The van der Waals surface area contributed by atoms with E-state index in [0.29, 0.717) is 12.1 Å². The van der Waals surface area contributed by atoms with E-state index in [1.807, 2.05) is 0 Å². The summed E-state index contributed by atoms with van der Waals surface area (Å²) in [7, 11) is 0. The lowest BCUT2D eigenvalue weighted by molar-refractivity contribution is 0.203. The summed E-state index contributed by atoms with van der Waals surface area (Å²) in [5, 5.41) is 0. The maximum Gasteiger partial charge on any atom is 0.0291 e. The summed E-state index contributed by atoms with van der Waals surface area (Å²) in [4.78, 5) is 2.69. The minimum atomic E-state index is 0.605. The van der Waals surface area contributed by atoms with Crippen LogP contribution >= 0.6 is 15.9 Å². The van der Waals surface area contributed by atoms with Crippen molar-refractivity contribution in [2.45, 2.75) is 37.9 Å². The summed E-state index contributed by atoms with van der Waals surface area (Å²) in [6.07, 6.45) is 6.31. The minimum absolute atomic E-state index is 0.605. The van der Waals surface area contributed by atoms with Crippen LogP contribution in [0.15, 0.2) is 65.1 Å². The quantitative estimate of drug-likeness (QED) is 0.726. The van der Waals surface area contributed by atoms with Gasteiger partial charge in [-0.1, -0.05) is 64.5 Å². The molecule has 2 heteroatoms. The molecule has 2 bridgehead atoms. The molecule has 0 aromatic heterocycles. The van der Waals surface area contributed by atoms with Crippen LogP contribution in [-0.4, -0.2) is 17.0 Å². The number of hydrogen-bond donors (Lipinski definition) is 0. The second-order valence-electron chi connectivity index (χ2n) is 6.36. The predicted octanol–water partition coefficient (Wildman–Crippen LogP) is 5.27. The highest BCUT2D eigenvalue weighted by Gasteiger charge is 2.36. The van der Waals surface area contributed by atoms with Crippen LogP contribution in [0, 0.1) is 0 Å². The molecule has 2 aliphatic heterocycles. The number of halogens is 1. The molecule has 2 aromatic carbocycles. The molecule has 0 radical (unpaired) electrons. The molecule has 0 N–H and O–H groups in total. The van der Waals surface area contributed by atoms with Crippen molar-refractivity contribution in [3.05, 3.63) is 76.3 Å². The molecular weight excluding hydrogens is 334 g/mol. The summed E-state index contributed by atoms with van der Waals surface area (Å²) in [5.74, 6) is 0. The van der Waals surface area contributed by atoms with E-state index in [2.05, 4.69) is 81.5 Å². The van der Waals surface area contributed by atoms with Gasteiger partial charge in [0, 0.05) is 23.1 Å². The largest absolute Gasteiger partial charge is 0.289 e. The van der Waals surface area contributed by atoms with E-state index in [1.54, 1.807) is 0 Å². The summed E-state index contributed by atoms with van der Waals surface area (Å²) >= 11 is 3.59. The first kappa shape index (κ1) is 14.2. The van der Waals surface area contributed by atoms with Gasteiger partial charge in [-0.15, -0.1) is 0 Å². The Hall–Kier alpha value is -1.38. The Morgan fingerprint density at radius 3 is 2.64 bits per heavy atom. The highest BCUT2D eigenvalue weighted by Crippen LogP contribution is 2.39. The van der Waals surface area contributed by atoms with E-state index in [1.165, 1.54) is 40.4 Å². The van der Waals surface area contributed by atoms with Gasteiger partial charge in [-0.05, 0) is 48.1 Å². The van der Waals surface area contributed by atoms with Crippen LogP contribution in [0.2, 0.25) is 0 Å². The molecule has 1 nitrogen and oxygen atoms in total. The molecular formula is C20H20BrN. The second-order valence-corrected chi connectivity index (χ2v) is 7.28. The average Bonchev–Trinajstić information content (AvgIpc) is 2.78. The van der Waals surface area contributed by atoms with E-state index < -0.39 is 0 Å². The van der Waals surface area contributed by atoms with Gasteiger partial charge in [-0.25, -0.2) is 0 Å². The second kappa shape index (κ2) is 6.02. The minimum Gasteiger partial charge on any atom is -0.289 e. The lowest BCUT2D eigenvalue weighted by Gasteiger charge is -2.34. The van der Waals surface area contributed by atoms with Crippen molar-refractivity contribution in [1.82, 2.24) is 4.90 Å². The van der Waals surface area contributed by atoms with Gasteiger partial charge in [-0.2, -0.15) is 0 Å². The van der Waals surface area contributed by atoms with Gasteiger partial charge in [-0.3, -0.25) is 4.90 Å². The predicted molar refractivity (Wildman–Crippen MR) is 95.5 cm³/mol. The van der Waals surface area contributed by atoms with E-state index >= 15 is 0 Å². The van der Waals surface area contributed by atoms with Crippen LogP contribution in [0.4, 0.5) is 0 Å². The van der Waals surface area contributed by atoms with Gasteiger partial charge in [0.15, 0.2) is 0 Å². The third-order valence-corrected chi connectivity index (χ3v) is 5.44. The van der Waals surface area contributed by atoms with Crippen molar-refractivity contribution in [2.75, 3.05) is 0 Å². The highest BCUT2D eigenvalue weighted by atomic mass is 79.9. The number of nitrogens with zero attached hydrogens (tertiary/aromatic N) is 1. The third-order valence-electron chi connectivity index (χ3n) is 4.94. The molecule has 112 valence electrons. The molecule has 2 aliphatic rings. The molecule has 0 saturated carbocycles. The van der Waals surface area contributed by atoms with Crippen LogP contribution in [0.25, 0.3) is 5.57 Å². The maximum absolute atomic E-state index is 3.59. The topological polar surface area (TPSA) is 3.24 Å². The number of hydrogen-bond acceptors (Lipinski definition) is 1. The fourth-order valence-electron chi connectivity index (χ4n) is 3.86. The van der Waals surface area contributed by atoms with E-state index in [0.717, 1.165) is 6.54 Å². The molecule has 2 unspecified atom stereocenters. The monoisotopic (exact) mass is 353 g/mol. The van der Waals surface area contributed by atoms with Crippen molar-refractivity contribution >= 4 is 21.5 Å². The van der Waals surface area contributed by atoms with Crippen LogP contribution in [0.5, 0.6) is 0 Å². The first-order valence-corrected chi connectivity index (χ1v) is 8.85. The average molecular weight is 354 g/mol. The molecule has 4 rings (SSSR count). The number of fused-ring (bicyclic) bond motifs is 2. The Morgan fingerprint density at radius 2 is 1.86 bits per heavy atom. The summed E-state index contributed by atoms with van der Waals surface area (Å²) in [6.45, 7) is 1.08. The van der Waals surface area contributed by atoms with E-state index in [4.69, 9.17) is 0 Å². The Kier molecular flexibility index (Phi) is 3.89. The Balaban J connectivity index is 1.57. The summed E-state index contributed by atoms with van der Waals surface area (Å²) in [5.41, 5.74) is 4.34. The maximum atomic E-state index is 3.59. The summed E-state index contributed by atoms with van der Waals surface area (Å²) < 4.78 is 1.17. The van der Waals surface area contributed by atoms with Crippen LogP contribution in [0.1, 0.15) is 30.4 Å². The molecule has 2 heterocycles. The van der Waals surface area contributed by atoms with Gasteiger partial charge in [0.05, 0.1) is 0 Å². The van der Waals surface area contributed by atoms with Gasteiger partial charge in [0.2, 0.25) is 0 Å². The smallest absolute Gasteiger partial charge is 0.0291 e. The van der Waals surface area contributed by atoms with Crippen molar-refractivity contribution in [1.29, 1.82) is 0 Å². The van der Waals surface area contributed by atoms with E-state index in [-0.39, 0.29) is 0 Å². The fraction of sp³-hybridized carbons (Fsp3) is 0.300. The first-order valence-electron chi connectivity index (χ1n) is 8.06. The zero-order valence-corrected chi connectivity index (χ0v) is 14.2. The molecule has 0 amide bonds. The fourth-order valence-corrected chi connectivity index (χ4v) is 4.26. The Labute approximate surface area is 140 Å². The molecule has 0 aliphatic carbocycles. The molecule has 2 aromatic rings. The van der Waals surface area contributed by atoms with Crippen LogP contribution in [-0.2, 0) is 6.54 Å². The standard InChI is InChI=1S/C20H20BrN/c21-18-8-4-7-16(11-18)17-12-19-9-10-20(13-17)22(19)14-15-5-2-1-3-6-15/h1-8,11-12,19-20H,9-10,13-14H2. The lowest BCUT2D eigenvalue weighted by atomic mass is 9.94. The number of rotatable bonds is 3. The molecule has 1 saturated heterocycles. The van der Waals surface area contributed by atoms with Gasteiger partial charge >= 0.3 is 0 Å². The Morgan fingerprint density at radius 1 is 1.00 bits per heavy atom. The van der Waals surface area contributed by atoms with E-state index in [9.17, 15) is 0 Å². The number of benzene rings is 2. The molecule has 22 heavy (non-hydrogen) atoms. The van der Waals surface area contributed by atoms with Crippen molar-refractivity contribution in [3.63, 3.8) is 0 Å². The van der Waals surface area contributed by atoms with Crippen molar-refractivity contribution in [3.8, 4) is 0 Å². The molecule has 1 fully saturated rings. The SMILES string of the molecule is Brc1cccc(C2=CC3CCC(C2)N3Cc2ccccc2)c1. The van der Waals surface area contributed by atoms with Gasteiger partial charge in [0.25, 0.3) is 0 Å². The zero-order valence-electron chi connectivity index (χ0n) is 12.6. The third kappa shape index (κ3) is 2.78. The van der Waals surface area contributed by atoms with Crippen LogP contribution in [0.3, 0.4) is 0 Å². The van der Waals surface area contributed by atoms with Gasteiger partial charge in [0.1, 0.15) is 0 Å². The zero-order chi connectivity index (χ0) is 14.9. The molecule has 0 spiro atoms. The normalized spacial score (nSPS) is 24.3. The van der Waals surface area contributed by atoms with Crippen molar-refractivity contribution in [2.24, 2.45) is 0 Å². The highest BCUT2D eigenvalue weighted by molar-refractivity contribution is 9.10. The van der Waals surface area contributed by atoms with Crippen LogP contribution < -0.4 is 0 Å². The first-order chi connectivity index (χ1) is 10.8. The molecule has 2 atom stereocenters. The van der Waals surface area contributed by atoms with Gasteiger partial charge < -0.3 is 0 Å². The Bertz CT molecular complexity index is 692. The van der Waals surface area contributed by atoms with Crippen molar-refractivity contribution < 1.29 is 0 Å². The summed E-state index contributed by atoms with van der Waals surface area (Å²) in [6, 6.07) is 20.9. The lowest BCUT2D eigenvalue weighted by Crippen LogP contribution is -2.37.